The number of carboxylic acids is 1. The molecule has 0 heterocycles. The fraction of sp³-hybridized carbons (Fsp3) is 0.176. The molecule has 2 aromatic carbocycles. The van der Waals surface area contributed by atoms with E-state index in [9.17, 15) is 14.0 Å². The van der Waals surface area contributed by atoms with Gasteiger partial charge in [0.15, 0.2) is 5.78 Å². The van der Waals surface area contributed by atoms with Gasteiger partial charge in [-0.3, -0.25) is 9.59 Å². The van der Waals surface area contributed by atoms with Gasteiger partial charge in [0.1, 0.15) is 5.82 Å². The van der Waals surface area contributed by atoms with Gasteiger partial charge in [0.05, 0.1) is 6.42 Å². The predicted molar refractivity (Wildman–Crippen MR) is 77.6 cm³/mol. The van der Waals surface area contributed by atoms with Crippen LogP contribution in [0.3, 0.4) is 0 Å². The van der Waals surface area contributed by atoms with E-state index in [4.69, 9.17) is 5.11 Å². The number of Topliss-reactive ketones (excluding diaryl/α,β-unsaturated/α-hetero) is 1. The highest BCUT2D eigenvalue weighted by atomic mass is 19.1. The Bertz CT molecular complexity index is 662. The third kappa shape index (κ3) is 3.54. The van der Waals surface area contributed by atoms with Crippen molar-refractivity contribution in [2.24, 2.45) is 5.92 Å². The average Bonchev–Trinajstić information content (AvgIpc) is 2.46. The van der Waals surface area contributed by atoms with Crippen LogP contribution in [0.4, 0.5) is 4.39 Å². The zero-order valence-corrected chi connectivity index (χ0v) is 11.5. The maximum atomic E-state index is 13.7. The van der Waals surface area contributed by atoms with E-state index in [1.807, 2.05) is 0 Å². The van der Waals surface area contributed by atoms with Gasteiger partial charge >= 0.3 is 5.97 Å². The van der Waals surface area contributed by atoms with Crippen molar-refractivity contribution in [2.75, 3.05) is 0 Å². The summed E-state index contributed by atoms with van der Waals surface area (Å²) >= 11 is 0. The average molecular weight is 286 g/mol. The van der Waals surface area contributed by atoms with Gasteiger partial charge in [0, 0.05) is 17.0 Å². The molecule has 0 saturated heterocycles. The molecule has 0 aliphatic rings. The number of ketones is 1. The van der Waals surface area contributed by atoms with E-state index in [0.29, 0.717) is 16.7 Å². The Morgan fingerprint density at radius 2 is 1.71 bits per heavy atom. The summed E-state index contributed by atoms with van der Waals surface area (Å²) in [5.41, 5.74) is 1.58. The number of rotatable bonds is 5. The first-order chi connectivity index (χ1) is 9.99. The van der Waals surface area contributed by atoms with Crippen molar-refractivity contribution in [1.82, 2.24) is 0 Å². The number of carboxylic acid groups (broad SMARTS) is 1. The molecule has 0 fully saturated rings. The van der Waals surface area contributed by atoms with E-state index in [0.717, 1.165) is 0 Å². The molecule has 0 aliphatic heterocycles. The quantitative estimate of drug-likeness (QED) is 0.851. The molecule has 0 bridgehead atoms. The second-order valence-electron chi connectivity index (χ2n) is 4.92. The Morgan fingerprint density at radius 1 is 1.10 bits per heavy atom. The number of carbonyl (C=O) groups is 2. The molecule has 108 valence electrons. The first-order valence-corrected chi connectivity index (χ1v) is 6.60. The van der Waals surface area contributed by atoms with Crippen molar-refractivity contribution in [3.05, 3.63) is 59.9 Å². The molecule has 0 spiro atoms. The van der Waals surface area contributed by atoms with Gasteiger partial charge in [-0.05, 0) is 11.6 Å². The summed E-state index contributed by atoms with van der Waals surface area (Å²) in [6.45, 7) is 1.58. The van der Waals surface area contributed by atoms with Crippen LogP contribution in [-0.4, -0.2) is 16.9 Å². The molecular weight excluding hydrogens is 271 g/mol. The van der Waals surface area contributed by atoms with Crippen LogP contribution in [0.5, 0.6) is 0 Å². The summed E-state index contributed by atoms with van der Waals surface area (Å²) in [6.07, 6.45) is -0.200. The molecular formula is C17H15FO3. The summed E-state index contributed by atoms with van der Waals surface area (Å²) in [7, 11) is 0. The van der Waals surface area contributed by atoms with Gasteiger partial charge in [-0.25, -0.2) is 4.39 Å². The summed E-state index contributed by atoms with van der Waals surface area (Å²) in [4.78, 5) is 22.7. The fourth-order valence-electron chi connectivity index (χ4n) is 2.15. The Kier molecular flexibility index (Phi) is 4.48. The second-order valence-corrected chi connectivity index (χ2v) is 4.92. The Morgan fingerprint density at radius 3 is 2.29 bits per heavy atom. The number of hydrogen-bond acceptors (Lipinski definition) is 2. The van der Waals surface area contributed by atoms with Gasteiger partial charge in [-0.2, -0.15) is 0 Å². The summed E-state index contributed by atoms with van der Waals surface area (Å²) in [5, 5.41) is 8.71. The first-order valence-electron chi connectivity index (χ1n) is 6.60. The van der Waals surface area contributed by atoms with E-state index in [1.165, 1.54) is 6.07 Å². The predicted octanol–water partition coefficient (Wildman–Crippen LogP) is 3.79. The SMILES string of the molecule is CC(CC(=O)O)C(=O)c1ccc(-c2ccccc2F)cc1. The Balaban J connectivity index is 2.21. The highest BCUT2D eigenvalue weighted by molar-refractivity contribution is 5.99. The largest absolute Gasteiger partial charge is 0.481 e. The molecule has 0 amide bonds. The highest BCUT2D eigenvalue weighted by Crippen LogP contribution is 2.23. The Labute approximate surface area is 122 Å². The number of carbonyl (C=O) groups excluding carboxylic acids is 1. The van der Waals surface area contributed by atoms with E-state index in [2.05, 4.69) is 0 Å². The molecule has 2 rings (SSSR count). The fourth-order valence-corrected chi connectivity index (χ4v) is 2.15. The monoisotopic (exact) mass is 286 g/mol. The molecule has 1 unspecified atom stereocenters. The number of hydrogen-bond donors (Lipinski definition) is 1. The molecule has 0 aliphatic carbocycles. The molecule has 0 aromatic heterocycles. The molecule has 0 saturated carbocycles. The van der Waals surface area contributed by atoms with Crippen molar-refractivity contribution in [2.45, 2.75) is 13.3 Å². The Hall–Kier alpha value is -2.49. The lowest BCUT2D eigenvalue weighted by molar-refractivity contribution is -0.137. The molecule has 0 radical (unpaired) electrons. The van der Waals surface area contributed by atoms with Crippen LogP contribution in [-0.2, 0) is 4.79 Å². The third-order valence-electron chi connectivity index (χ3n) is 3.28. The maximum absolute atomic E-state index is 13.7. The molecule has 21 heavy (non-hydrogen) atoms. The standard InChI is InChI=1S/C17H15FO3/c1-11(10-16(19)20)17(21)13-8-6-12(7-9-13)14-4-2-3-5-15(14)18/h2-9,11H,10H2,1H3,(H,19,20). The summed E-state index contributed by atoms with van der Waals surface area (Å²) < 4.78 is 13.7. The van der Waals surface area contributed by atoms with E-state index in [1.54, 1.807) is 49.4 Å². The van der Waals surface area contributed by atoms with E-state index >= 15 is 0 Å². The van der Waals surface area contributed by atoms with Crippen LogP contribution in [0.2, 0.25) is 0 Å². The lowest BCUT2D eigenvalue weighted by Crippen LogP contribution is -2.15. The van der Waals surface area contributed by atoms with Crippen LogP contribution in [0.25, 0.3) is 11.1 Å². The van der Waals surface area contributed by atoms with Crippen LogP contribution in [0.15, 0.2) is 48.5 Å². The van der Waals surface area contributed by atoms with Crippen molar-refractivity contribution < 1.29 is 19.1 Å². The lowest BCUT2D eigenvalue weighted by Gasteiger charge is -2.09. The lowest BCUT2D eigenvalue weighted by atomic mass is 9.95. The normalized spacial score (nSPS) is 11.9. The van der Waals surface area contributed by atoms with Crippen molar-refractivity contribution >= 4 is 11.8 Å². The zero-order valence-electron chi connectivity index (χ0n) is 11.5. The minimum Gasteiger partial charge on any atom is -0.481 e. The van der Waals surface area contributed by atoms with Gasteiger partial charge in [0.2, 0.25) is 0 Å². The molecule has 4 heteroatoms. The van der Waals surface area contributed by atoms with Crippen LogP contribution in [0.1, 0.15) is 23.7 Å². The number of benzene rings is 2. The van der Waals surface area contributed by atoms with Crippen molar-refractivity contribution in [3.63, 3.8) is 0 Å². The molecule has 1 atom stereocenters. The van der Waals surface area contributed by atoms with Gasteiger partial charge in [-0.1, -0.05) is 49.4 Å². The van der Waals surface area contributed by atoms with E-state index < -0.39 is 11.9 Å². The second kappa shape index (κ2) is 6.31. The smallest absolute Gasteiger partial charge is 0.304 e. The van der Waals surface area contributed by atoms with Crippen LogP contribution < -0.4 is 0 Å². The van der Waals surface area contributed by atoms with Crippen LogP contribution in [0, 0.1) is 11.7 Å². The van der Waals surface area contributed by atoms with E-state index in [-0.39, 0.29) is 18.0 Å². The summed E-state index contributed by atoms with van der Waals surface area (Å²) in [6, 6.07) is 12.9. The van der Waals surface area contributed by atoms with Crippen LogP contribution >= 0.6 is 0 Å². The minimum atomic E-state index is -1.00. The minimum absolute atomic E-state index is 0.200. The van der Waals surface area contributed by atoms with Crippen molar-refractivity contribution in [1.29, 1.82) is 0 Å². The van der Waals surface area contributed by atoms with Gasteiger partial charge in [0.25, 0.3) is 0 Å². The molecule has 1 N–H and O–H groups in total. The number of aliphatic carboxylic acids is 1. The molecule has 3 nitrogen and oxygen atoms in total. The maximum Gasteiger partial charge on any atom is 0.304 e. The summed E-state index contributed by atoms with van der Waals surface area (Å²) in [5.74, 6) is -2.13. The van der Waals surface area contributed by atoms with Gasteiger partial charge in [-0.15, -0.1) is 0 Å². The topological polar surface area (TPSA) is 54.4 Å². The molecule has 2 aromatic rings. The highest BCUT2D eigenvalue weighted by Gasteiger charge is 2.18. The first kappa shape index (κ1) is 14.9. The third-order valence-corrected chi connectivity index (χ3v) is 3.28. The zero-order chi connectivity index (χ0) is 15.4. The van der Waals surface area contributed by atoms with Gasteiger partial charge < -0.3 is 5.11 Å². The number of halogens is 1. The van der Waals surface area contributed by atoms with Crippen molar-refractivity contribution in [3.8, 4) is 11.1 Å².